The van der Waals surface area contributed by atoms with Crippen LogP contribution >= 0.6 is 0 Å². The second-order valence-corrected chi connectivity index (χ2v) is 11.3. The quantitative estimate of drug-likeness (QED) is 0.159. The zero-order valence-corrected chi connectivity index (χ0v) is 23.2. The second-order valence-electron chi connectivity index (χ2n) is 11.3. The molecule has 194 valence electrons. The average Bonchev–Trinajstić information content (AvgIpc) is 3.44. The molecule has 1 aliphatic carbocycles. The minimum absolute atomic E-state index is 0.113. The van der Waals surface area contributed by atoms with E-state index in [1.807, 2.05) is 0 Å². The van der Waals surface area contributed by atoms with Crippen molar-refractivity contribution in [1.82, 2.24) is 4.57 Å². The lowest BCUT2D eigenvalue weighted by atomic mass is 9.70. The predicted molar refractivity (Wildman–Crippen MR) is 165 cm³/mol. The molecule has 0 fully saturated rings. The van der Waals surface area contributed by atoms with E-state index >= 15 is 0 Å². The van der Waals surface area contributed by atoms with Crippen LogP contribution in [0.5, 0.6) is 0 Å². The van der Waals surface area contributed by atoms with Crippen LogP contribution in [0, 0.1) is 0 Å². The van der Waals surface area contributed by atoms with Crippen LogP contribution in [-0.4, -0.2) is 4.57 Å². The molecule has 1 heteroatoms. The Morgan fingerprint density at radius 1 is 0.526 bits per heavy atom. The highest BCUT2D eigenvalue weighted by Crippen LogP contribution is 2.54. The van der Waals surface area contributed by atoms with Crippen LogP contribution in [0.4, 0.5) is 0 Å². The van der Waals surface area contributed by atoms with Gasteiger partial charge in [0.2, 0.25) is 0 Å². The molecule has 0 bridgehead atoms. The molecule has 0 amide bonds. The van der Waals surface area contributed by atoms with Crippen molar-refractivity contribution >= 4 is 21.8 Å². The van der Waals surface area contributed by atoms with Crippen molar-refractivity contribution in [2.75, 3.05) is 0 Å². The zero-order valence-electron chi connectivity index (χ0n) is 23.2. The van der Waals surface area contributed by atoms with Gasteiger partial charge in [-0.1, -0.05) is 132 Å². The first-order chi connectivity index (χ1) is 18.8. The summed E-state index contributed by atoms with van der Waals surface area (Å²) < 4.78 is 2.49. The lowest BCUT2D eigenvalue weighted by molar-refractivity contribution is 0.401. The Morgan fingerprint density at radius 3 is 1.71 bits per heavy atom. The predicted octanol–water partition coefficient (Wildman–Crippen LogP) is 11.0. The Labute approximate surface area is 228 Å². The third-order valence-corrected chi connectivity index (χ3v) is 9.00. The Hall–Kier alpha value is -3.32. The number of benzene rings is 4. The number of hydrogen-bond acceptors (Lipinski definition) is 0. The molecular weight excluding hydrogens is 458 g/mol. The first kappa shape index (κ1) is 25.0. The molecule has 1 aliphatic rings. The third-order valence-electron chi connectivity index (χ3n) is 9.00. The molecule has 38 heavy (non-hydrogen) atoms. The fourth-order valence-corrected chi connectivity index (χ4v) is 7.15. The number of unbranched alkanes of at least 4 members (excludes halogenated alkanes) is 6. The first-order valence-electron chi connectivity index (χ1n) is 15.0. The third kappa shape index (κ3) is 4.17. The van der Waals surface area contributed by atoms with Crippen molar-refractivity contribution in [2.24, 2.45) is 0 Å². The Balaban J connectivity index is 1.53. The lowest BCUT2D eigenvalue weighted by Gasteiger charge is -2.33. The van der Waals surface area contributed by atoms with Gasteiger partial charge in [-0.25, -0.2) is 0 Å². The van der Waals surface area contributed by atoms with E-state index in [1.165, 1.54) is 103 Å². The summed E-state index contributed by atoms with van der Waals surface area (Å²) in [7, 11) is 0. The summed E-state index contributed by atoms with van der Waals surface area (Å²) in [6.45, 7) is 4.64. The molecule has 0 atom stereocenters. The monoisotopic (exact) mass is 499 g/mol. The molecule has 0 saturated carbocycles. The fourth-order valence-electron chi connectivity index (χ4n) is 7.15. The Kier molecular flexibility index (Phi) is 7.11. The van der Waals surface area contributed by atoms with Gasteiger partial charge in [-0.2, -0.15) is 0 Å². The Morgan fingerprint density at radius 2 is 1.08 bits per heavy atom. The summed E-state index contributed by atoms with van der Waals surface area (Å²) in [6, 6.07) is 34.4. The van der Waals surface area contributed by atoms with Gasteiger partial charge in [-0.05, 0) is 59.4 Å². The van der Waals surface area contributed by atoms with E-state index in [1.54, 1.807) is 11.1 Å². The first-order valence-corrected chi connectivity index (χ1v) is 15.0. The molecule has 1 aromatic heterocycles. The maximum atomic E-state index is 2.56. The SMILES string of the molecule is CCCCCCC1(CCCCCC)c2ccccc2-c2ccc(-n3c4ccccc4c4ccccc43)cc21. The van der Waals surface area contributed by atoms with Crippen LogP contribution in [0.3, 0.4) is 0 Å². The van der Waals surface area contributed by atoms with E-state index in [-0.39, 0.29) is 5.41 Å². The summed E-state index contributed by atoms with van der Waals surface area (Å²) in [5, 5.41) is 2.66. The van der Waals surface area contributed by atoms with Crippen molar-refractivity contribution in [3.05, 3.63) is 102 Å². The molecule has 0 spiro atoms. The van der Waals surface area contributed by atoms with Crippen LogP contribution in [0.1, 0.15) is 89.2 Å². The van der Waals surface area contributed by atoms with Gasteiger partial charge in [0.05, 0.1) is 11.0 Å². The topological polar surface area (TPSA) is 4.93 Å². The number of hydrogen-bond donors (Lipinski definition) is 0. The van der Waals surface area contributed by atoms with Gasteiger partial charge >= 0.3 is 0 Å². The highest BCUT2D eigenvalue weighted by molar-refractivity contribution is 6.09. The number of fused-ring (bicyclic) bond motifs is 6. The molecule has 0 radical (unpaired) electrons. The molecule has 4 aromatic carbocycles. The van der Waals surface area contributed by atoms with E-state index < -0.39 is 0 Å². The van der Waals surface area contributed by atoms with Crippen LogP contribution in [0.25, 0.3) is 38.6 Å². The van der Waals surface area contributed by atoms with Crippen LogP contribution in [0.2, 0.25) is 0 Å². The molecule has 5 aromatic rings. The summed E-state index contributed by atoms with van der Waals surface area (Å²) in [5.74, 6) is 0. The van der Waals surface area contributed by atoms with Crippen LogP contribution in [0.15, 0.2) is 91.0 Å². The van der Waals surface area contributed by atoms with E-state index in [2.05, 4.69) is 109 Å². The van der Waals surface area contributed by atoms with Gasteiger partial charge in [-0.3, -0.25) is 0 Å². The van der Waals surface area contributed by atoms with E-state index in [4.69, 9.17) is 0 Å². The summed E-state index contributed by atoms with van der Waals surface area (Å²) in [5.41, 5.74) is 10.0. The summed E-state index contributed by atoms with van der Waals surface area (Å²) >= 11 is 0. The molecule has 0 N–H and O–H groups in total. The lowest BCUT2D eigenvalue weighted by Crippen LogP contribution is -2.25. The van der Waals surface area contributed by atoms with Gasteiger partial charge in [-0.15, -0.1) is 0 Å². The molecule has 1 heterocycles. The van der Waals surface area contributed by atoms with E-state index in [0.29, 0.717) is 0 Å². The highest BCUT2D eigenvalue weighted by Gasteiger charge is 2.42. The normalized spacial score (nSPS) is 13.7. The maximum Gasteiger partial charge on any atom is 0.0541 e. The van der Waals surface area contributed by atoms with Gasteiger partial charge in [0, 0.05) is 21.9 Å². The van der Waals surface area contributed by atoms with Crippen LogP contribution < -0.4 is 0 Å². The molecule has 6 rings (SSSR count). The second kappa shape index (κ2) is 10.8. The van der Waals surface area contributed by atoms with Gasteiger partial charge in [0.1, 0.15) is 0 Å². The summed E-state index contributed by atoms with van der Waals surface area (Å²) in [6.07, 6.45) is 13.0. The van der Waals surface area contributed by atoms with Crippen molar-refractivity contribution in [3.8, 4) is 16.8 Å². The molecule has 0 unspecified atom stereocenters. The standard InChI is InChI=1S/C37H41N/c1-3-5-7-15-25-37(26-16-8-6-4-2)33-20-12-9-17-29(33)30-24-23-28(27-34(30)37)38-35-21-13-10-18-31(35)32-19-11-14-22-36(32)38/h9-14,17-24,27H,3-8,15-16,25-26H2,1-2H3. The van der Waals surface area contributed by atoms with Crippen molar-refractivity contribution in [3.63, 3.8) is 0 Å². The number of aromatic nitrogens is 1. The number of rotatable bonds is 11. The Bertz CT molecular complexity index is 1490. The van der Waals surface area contributed by atoms with E-state index in [0.717, 1.165) is 0 Å². The summed E-state index contributed by atoms with van der Waals surface area (Å²) in [4.78, 5) is 0. The average molecular weight is 500 g/mol. The minimum atomic E-state index is 0.113. The van der Waals surface area contributed by atoms with Crippen molar-refractivity contribution in [1.29, 1.82) is 0 Å². The van der Waals surface area contributed by atoms with Crippen molar-refractivity contribution in [2.45, 2.75) is 83.5 Å². The molecular formula is C37H41N. The highest BCUT2D eigenvalue weighted by atomic mass is 15.0. The maximum absolute atomic E-state index is 2.56. The largest absolute Gasteiger partial charge is 0.309 e. The smallest absolute Gasteiger partial charge is 0.0541 e. The molecule has 0 saturated heterocycles. The van der Waals surface area contributed by atoms with Gasteiger partial charge in [0.15, 0.2) is 0 Å². The molecule has 1 nitrogen and oxygen atoms in total. The van der Waals surface area contributed by atoms with E-state index in [9.17, 15) is 0 Å². The number of para-hydroxylation sites is 2. The van der Waals surface area contributed by atoms with Crippen LogP contribution in [-0.2, 0) is 5.41 Å². The van der Waals surface area contributed by atoms with Gasteiger partial charge < -0.3 is 4.57 Å². The fraction of sp³-hybridized carbons (Fsp3) is 0.351. The van der Waals surface area contributed by atoms with Gasteiger partial charge in [0.25, 0.3) is 0 Å². The number of nitrogens with zero attached hydrogens (tertiary/aromatic N) is 1. The minimum Gasteiger partial charge on any atom is -0.309 e. The van der Waals surface area contributed by atoms with Crippen molar-refractivity contribution < 1.29 is 0 Å². The molecule has 0 aliphatic heterocycles. The zero-order chi connectivity index (χ0) is 26.0.